The van der Waals surface area contributed by atoms with E-state index in [0.29, 0.717) is 19.6 Å². The number of ether oxygens (including phenoxy) is 1. The number of carbonyl (C=O) groups excluding carboxylic acids is 1. The van der Waals surface area contributed by atoms with Gasteiger partial charge < -0.3 is 14.7 Å². The summed E-state index contributed by atoms with van der Waals surface area (Å²) < 4.78 is 6.74. The Bertz CT molecular complexity index is 514. The predicted octanol–water partition coefficient (Wildman–Crippen LogP) is 0.843. The monoisotopic (exact) mass is 282 g/mol. The van der Waals surface area contributed by atoms with Crippen LogP contribution in [-0.4, -0.2) is 55.8 Å². The second-order valence-corrected chi connectivity index (χ2v) is 5.88. The fourth-order valence-electron chi connectivity index (χ4n) is 1.91. The number of rotatable bonds is 3. The number of hydrogen-bond acceptors (Lipinski definition) is 5. The third-order valence-electron chi connectivity index (χ3n) is 2.81. The minimum atomic E-state index is -1.10. The number of carboxylic acid groups (broad SMARTS) is 1. The van der Waals surface area contributed by atoms with E-state index in [-0.39, 0.29) is 17.7 Å². The minimum absolute atomic E-state index is 0.0756. The second-order valence-electron chi connectivity index (χ2n) is 5.88. The Balaban J connectivity index is 1.79. The van der Waals surface area contributed by atoms with Crippen molar-refractivity contribution in [3.05, 3.63) is 11.9 Å². The van der Waals surface area contributed by atoms with Crippen molar-refractivity contribution < 1.29 is 19.4 Å². The lowest BCUT2D eigenvalue weighted by molar-refractivity contribution is -0.00390. The molecule has 2 heterocycles. The summed E-state index contributed by atoms with van der Waals surface area (Å²) in [6.07, 6.45) is 1.07. The zero-order chi connectivity index (χ0) is 14.9. The van der Waals surface area contributed by atoms with Crippen LogP contribution in [0.5, 0.6) is 0 Å². The molecule has 0 aliphatic carbocycles. The molecule has 1 aromatic heterocycles. The van der Waals surface area contributed by atoms with Crippen LogP contribution in [0.2, 0.25) is 0 Å². The summed E-state index contributed by atoms with van der Waals surface area (Å²) in [5, 5.41) is 16.0. The first-order valence-corrected chi connectivity index (χ1v) is 6.36. The Morgan fingerprint density at radius 2 is 2.10 bits per heavy atom. The predicted molar refractivity (Wildman–Crippen MR) is 68.3 cm³/mol. The molecule has 2 rings (SSSR count). The van der Waals surface area contributed by atoms with Crippen LogP contribution in [-0.2, 0) is 11.3 Å². The molecule has 8 nitrogen and oxygen atoms in total. The van der Waals surface area contributed by atoms with Crippen LogP contribution in [0.3, 0.4) is 0 Å². The molecule has 0 spiro atoms. The van der Waals surface area contributed by atoms with Gasteiger partial charge in [-0.25, -0.2) is 9.59 Å². The topological polar surface area (TPSA) is 97.5 Å². The first kappa shape index (κ1) is 14.3. The molecule has 0 bridgehead atoms. The summed E-state index contributed by atoms with van der Waals surface area (Å²) in [4.78, 5) is 24.0. The second kappa shape index (κ2) is 5.10. The van der Waals surface area contributed by atoms with Crippen LogP contribution in [0.25, 0.3) is 0 Å². The first-order chi connectivity index (χ1) is 9.24. The zero-order valence-corrected chi connectivity index (χ0v) is 11.7. The lowest BCUT2D eigenvalue weighted by Crippen LogP contribution is -2.52. The number of amides is 1. The van der Waals surface area contributed by atoms with E-state index in [0.717, 1.165) is 0 Å². The lowest BCUT2D eigenvalue weighted by Gasteiger charge is -2.39. The molecular weight excluding hydrogens is 264 g/mol. The average Bonchev–Trinajstić information content (AvgIpc) is 2.68. The fourth-order valence-corrected chi connectivity index (χ4v) is 1.91. The van der Waals surface area contributed by atoms with Crippen LogP contribution in [0, 0.1) is 5.92 Å². The van der Waals surface area contributed by atoms with E-state index in [1.807, 2.05) is 20.8 Å². The van der Waals surface area contributed by atoms with Crippen molar-refractivity contribution in [3.8, 4) is 0 Å². The Hall–Kier alpha value is -2.12. The molecule has 0 unspecified atom stereocenters. The summed E-state index contributed by atoms with van der Waals surface area (Å²) in [5.41, 5.74) is -0.571. The summed E-state index contributed by atoms with van der Waals surface area (Å²) in [5.74, 6) is -0.855. The van der Waals surface area contributed by atoms with Crippen molar-refractivity contribution in [1.29, 1.82) is 0 Å². The third-order valence-corrected chi connectivity index (χ3v) is 2.81. The number of likely N-dealkylation sites (tertiary alicyclic amines) is 1. The van der Waals surface area contributed by atoms with Gasteiger partial charge in [0, 0.05) is 25.6 Å². The fraction of sp³-hybridized carbons (Fsp3) is 0.667. The largest absolute Gasteiger partial charge is 0.476 e. The molecule has 1 fully saturated rings. The van der Waals surface area contributed by atoms with Crippen molar-refractivity contribution in [2.75, 3.05) is 13.1 Å². The molecular formula is C12H18N4O4. The molecule has 1 N–H and O–H groups in total. The van der Waals surface area contributed by atoms with Gasteiger partial charge in [-0.1, -0.05) is 5.21 Å². The number of hydrogen-bond donors (Lipinski definition) is 1. The maximum absolute atomic E-state index is 11.7. The zero-order valence-electron chi connectivity index (χ0n) is 11.7. The van der Waals surface area contributed by atoms with Crippen molar-refractivity contribution in [3.63, 3.8) is 0 Å². The Labute approximate surface area is 116 Å². The summed E-state index contributed by atoms with van der Waals surface area (Å²) >= 11 is 0. The number of nitrogens with zero attached hydrogens (tertiary/aromatic N) is 4. The molecule has 0 radical (unpaired) electrons. The van der Waals surface area contributed by atoms with E-state index < -0.39 is 11.6 Å². The lowest BCUT2D eigenvalue weighted by atomic mass is 10.0. The van der Waals surface area contributed by atoms with E-state index in [2.05, 4.69) is 10.3 Å². The van der Waals surface area contributed by atoms with E-state index >= 15 is 0 Å². The number of aromatic carboxylic acids is 1. The first-order valence-electron chi connectivity index (χ1n) is 6.36. The SMILES string of the molecule is CC(C)(C)OC(=O)N1CC(Cn2cc(C(=O)O)nn2)C1. The molecule has 1 amide bonds. The van der Waals surface area contributed by atoms with Gasteiger partial charge in [0.2, 0.25) is 0 Å². The highest BCUT2D eigenvalue weighted by Crippen LogP contribution is 2.20. The molecule has 0 aromatic carbocycles. The Morgan fingerprint density at radius 1 is 1.45 bits per heavy atom. The molecule has 0 atom stereocenters. The number of aromatic nitrogens is 3. The van der Waals surface area contributed by atoms with Crippen LogP contribution in [0.4, 0.5) is 4.79 Å². The van der Waals surface area contributed by atoms with Gasteiger partial charge in [0.15, 0.2) is 5.69 Å². The van der Waals surface area contributed by atoms with Crippen LogP contribution < -0.4 is 0 Å². The van der Waals surface area contributed by atoms with E-state index in [9.17, 15) is 9.59 Å². The van der Waals surface area contributed by atoms with E-state index in [1.54, 1.807) is 4.90 Å². The maximum atomic E-state index is 11.7. The molecule has 20 heavy (non-hydrogen) atoms. The van der Waals surface area contributed by atoms with Gasteiger partial charge in [0.05, 0.1) is 6.20 Å². The molecule has 1 aromatic rings. The van der Waals surface area contributed by atoms with Gasteiger partial charge in [0.25, 0.3) is 0 Å². The van der Waals surface area contributed by atoms with E-state index in [4.69, 9.17) is 9.84 Å². The highest BCUT2D eigenvalue weighted by Gasteiger charge is 2.34. The highest BCUT2D eigenvalue weighted by atomic mass is 16.6. The standard InChI is InChI=1S/C12H18N4O4/c1-12(2,3)20-11(19)15-4-8(5-15)6-16-7-9(10(17)18)13-14-16/h7-8H,4-6H2,1-3H3,(H,17,18). The normalized spacial score (nSPS) is 15.8. The van der Waals surface area contributed by atoms with Crippen molar-refractivity contribution in [2.45, 2.75) is 32.9 Å². The summed E-state index contributed by atoms with van der Waals surface area (Å²) in [7, 11) is 0. The van der Waals surface area contributed by atoms with E-state index in [1.165, 1.54) is 10.9 Å². The molecule has 1 aliphatic heterocycles. The molecule has 8 heteroatoms. The van der Waals surface area contributed by atoms with Gasteiger partial charge in [-0.3, -0.25) is 4.68 Å². The van der Waals surface area contributed by atoms with Gasteiger partial charge in [-0.2, -0.15) is 0 Å². The van der Waals surface area contributed by atoms with Crippen LogP contribution in [0.15, 0.2) is 6.20 Å². The van der Waals surface area contributed by atoms with Gasteiger partial charge >= 0.3 is 12.1 Å². The third kappa shape index (κ3) is 3.46. The number of carbonyl (C=O) groups is 2. The van der Waals surface area contributed by atoms with Gasteiger partial charge in [-0.15, -0.1) is 5.10 Å². The van der Waals surface area contributed by atoms with Crippen molar-refractivity contribution in [2.24, 2.45) is 5.92 Å². The quantitative estimate of drug-likeness (QED) is 0.882. The summed E-state index contributed by atoms with van der Waals surface area (Å²) in [6, 6.07) is 0. The van der Waals surface area contributed by atoms with Gasteiger partial charge in [0.1, 0.15) is 5.60 Å². The average molecular weight is 282 g/mol. The van der Waals surface area contributed by atoms with Crippen molar-refractivity contribution >= 4 is 12.1 Å². The molecule has 110 valence electrons. The van der Waals surface area contributed by atoms with Crippen LogP contribution in [0.1, 0.15) is 31.3 Å². The minimum Gasteiger partial charge on any atom is -0.476 e. The maximum Gasteiger partial charge on any atom is 0.410 e. The smallest absolute Gasteiger partial charge is 0.410 e. The molecule has 1 aliphatic rings. The number of carboxylic acids is 1. The highest BCUT2D eigenvalue weighted by molar-refractivity contribution is 5.84. The van der Waals surface area contributed by atoms with Crippen molar-refractivity contribution in [1.82, 2.24) is 19.9 Å². The molecule has 0 saturated carbocycles. The van der Waals surface area contributed by atoms with Gasteiger partial charge in [-0.05, 0) is 20.8 Å². The molecule has 1 saturated heterocycles. The van der Waals surface area contributed by atoms with Crippen LogP contribution >= 0.6 is 0 Å². The summed E-state index contributed by atoms with van der Waals surface area (Å²) in [6.45, 7) is 7.18. The Morgan fingerprint density at radius 3 is 2.60 bits per heavy atom. The Kier molecular flexibility index (Phi) is 3.65.